The van der Waals surface area contributed by atoms with Gasteiger partial charge in [0, 0.05) is 6.61 Å². The lowest BCUT2D eigenvalue weighted by Gasteiger charge is -2.12. The molecule has 0 bridgehead atoms. The summed E-state index contributed by atoms with van der Waals surface area (Å²) >= 11 is 1.22. The number of rotatable bonds is 8. The van der Waals surface area contributed by atoms with Gasteiger partial charge in [0.2, 0.25) is 0 Å². The molecule has 7 heteroatoms. The van der Waals surface area contributed by atoms with Crippen LogP contribution in [0.15, 0.2) is 6.20 Å². The van der Waals surface area contributed by atoms with E-state index in [9.17, 15) is 9.59 Å². The van der Waals surface area contributed by atoms with E-state index in [1.807, 2.05) is 20.8 Å². The molecule has 0 aliphatic heterocycles. The number of nitrogens with zero attached hydrogens (tertiary/aromatic N) is 1. The van der Waals surface area contributed by atoms with Gasteiger partial charge in [-0.1, -0.05) is 13.3 Å². The molecule has 0 saturated carbocycles. The molecule has 1 rings (SSSR count). The molecule has 0 aliphatic carbocycles. The Labute approximate surface area is 122 Å². The van der Waals surface area contributed by atoms with Crippen LogP contribution < -0.4 is 5.32 Å². The highest BCUT2D eigenvalue weighted by Gasteiger charge is 2.21. The van der Waals surface area contributed by atoms with Gasteiger partial charge in [0.1, 0.15) is 22.0 Å². The van der Waals surface area contributed by atoms with Gasteiger partial charge in [-0.25, -0.2) is 9.78 Å². The van der Waals surface area contributed by atoms with E-state index in [0.717, 1.165) is 0 Å². The predicted octanol–water partition coefficient (Wildman–Crippen LogP) is 2.22. The van der Waals surface area contributed by atoms with Crippen molar-refractivity contribution in [1.29, 1.82) is 0 Å². The second-order valence-electron chi connectivity index (χ2n) is 4.31. The molecule has 2 atom stereocenters. The van der Waals surface area contributed by atoms with Crippen LogP contribution in [0, 0.1) is 0 Å². The summed E-state index contributed by atoms with van der Waals surface area (Å²) in [6.07, 6.45) is 2.38. The lowest BCUT2D eigenvalue weighted by atomic mass is 10.1. The Morgan fingerprint density at radius 3 is 2.75 bits per heavy atom. The Morgan fingerprint density at radius 1 is 1.50 bits per heavy atom. The molecule has 1 amide bonds. The topological polar surface area (TPSA) is 88.5 Å². The Balaban J connectivity index is 2.70. The number of aliphatic carboxylic acids is 1. The van der Waals surface area contributed by atoms with Crippen LogP contribution in [-0.2, 0) is 9.53 Å². The average molecular weight is 300 g/mol. The van der Waals surface area contributed by atoms with Crippen molar-refractivity contribution < 1.29 is 19.4 Å². The zero-order valence-corrected chi connectivity index (χ0v) is 12.7. The molecule has 2 N–H and O–H groups in total. The van der Waals surface area contributed by atoms with E-state index >= 15 is 0 Å². The monoisotopic (exact) mass is 300 g/mol. The minimum atomic E-state index is -1.02. The molecule has 2 unspecified atom stereocenters. The molecule has 1 aromatic heterocycles. The van der Waals surface area contributed by atoms with Crippen molar-refractivity contribution >= 4 is 23.2 Å². The molecule has 20 heavy (non-hydrogen) atoms. The number of amides is 1. The zero-order chi connectivity index (χ0) is 15.1. The Kier molecular flexibility index (Phi) is 6.60. The van der Waals surface area contributed by atoms with E-state index in [0.29, 0.717) is 29.3 Å². The van der Waals surface area contributed by atoms with Crippen molar-refractivity contribution in [2.45, 2.75) is 45.8 Å². The summed E-state index contributed by atoms with van der Waals surface area (Å²) in [6.45, 7) is 6.19. The van der Waals surface area contributed by atoms with E-state index in [1.54, 1.807) is 0 Å². The third kappa shape index (κ3) is 4.57. The van der Waals surface area contributed by atoms with Gasteiger partial charge < -0.3 is 15.2 Å². The van der Waals surface area contributed by atoms with Gasteiger partial charge in [-0.3, -0.25) is 4.79 Å². The zero-order valence-electron chi connectivity index (χ0n) is 11.9. The summed E-state index contributed by atoms with van der Waals surface area (Å²) in [6, 6.07) is -0.859. The van der Waals surface area contributed by atoms with Crippen LogP contribution >= 0.6 is 11.3 Å². The predicted molar refractivity (Wildman–Crippen MR) is 76.0 cm³/mol. The van der Waals surface area contributed by atoms with Crippen LogP contribution in [0.5, 0.6) is 0 Å². The van der Waals surface area contributed by atoms with Gasteiger partial charge in [-0.2, -0.15) is 0 Å². The number of nitrogens with one attached hydrogen (secondary N) is 1. The van der Waals surface area contributed by atoms with Crippen LogP contribution in [0.3, 0.4) is 0 Å². The van der Waals surface area contributed by atoms with Gasteiger partial charge in [-0.05, 0) is 20.3 Å². The normalized spacial score (nSPS) is 13.8. The number of carboxylic acids is 1. The van der Waals surface area contributed by atoms with Gasteiger partial charge in [0.25, 0.3) is 5.91 Å². The number of carbonyl (C=O) groups excluding carboxylic acids is 1. The highest BCUT2D eigenvalue weighted by molar-refractivity contribution is 7.13. The molecule has 0 fully saturated rings. The highest BCUT2D eigenvalue weighted by atomic mass is 32.1. The number of carbonyl (C=O) groups is 2. The van der Waals surface area contributed by atoms with Crippen LogP contribution in [0.4, 0.5) is 0 Å². The lowest BCUT2D eigenvalue weighted by molar-refractivity contribution is -0.139. The number of carboxylic acid groups (broad SMARTS) is 1. The van der Waals surface area contributed by atoms with Crippen molar-refractivity contribution in [3.63, 3.8) is 0 Å². The minimum absolute atomic E-state index is 0.169. The maximum atomic E-state index is 12.0. The Bertz CT molecular complexity index is 461. The fourth-order valence-electron chi connectivity index (χ4n) is 1.68. The van der Waals surface area contributed by atoms with Crippen LogP contribution in [0.2, 0.25) is 0 Å². The molecular formula is C13H20N2O4S. The Morgan fingerprint density at radius 2 is 2.20 bits per heavy atom. The van der Waals surface area contributed by atoms with Crippen molar-refractivity contribution in [2.75, 3.05) is 6.61 Å². The maximum absolute atomic E-state index is 12.0. The lowest BCUT2D eigenvalue weighted by Crippen LogP contribution is -2.40. The number of aromatic nitrogens is 1. The first kappa shape index (κ1) is 16.6. The first-order chi connectivity index (χ1) is 9.49. The fourth-order valence-corrected chi connectivity index (χ4v) is 2.50. The summed E-state index contributed by atoms with van der Waals surface area (Å²) in [5.41, 5.74) is 0. The van der Waals surface area contributed by atoms with Gasteiger partial charge in [0.15, 0.2) is 0 Å². The smallest absolute Gasteiger partial charge is 0.326 e. The molecule has 0 radical (unpaired) electrons. The van der Waals surface area contributed by atoms with E-state index in [1.165, 1.54) is 17.5 Å². The molecule has 6 nitrogen and oxygen atoms in total. The van der Waals surface area contributed by atoms with Crippen molar-refractivity contribution in [3.8, 4) is 0 Å². The minimum Gasteiger partial charge on any atom is -0.480 e. The second kappa shape index (κ2) is 7.96. The summed E-state index contributed by atoms with van der Waals surface area (Å²) in [7, 11) is 0. The number of hydrogen-bond acceptors (Lipinski definition) is 5. The van der Waals surface area contributed by atoms with Gasteiger partial charge in [-0.15, -0.1) is 11.3 Å². The number of thiazole rings is 1. The molecule has 0 spiro atoms. The molecule has 0 saturated heterocycles. The second-order valence-corrected chi connectivity index (χ2v) is 5.38. The first-order valence-electron chi connectivity index (χ1n) is 6.60. The van der Waals surface area contributed by atoms with Crippen LogP contribution in [-0.4, -0.2) is 34.6 Å². The third-order valence-corrected chi connectivity index (χ3v) is 3.85. The molecular weight excluding hydrogens is 280 g/mol. The summed E-state index contributed by atoms with van der Waals surface area (Å²) in [5.74, 6) is -1.43. The molecule has 0 aliphatic rings. The van der Waals surface area contributed by atoms with Crippen LogP contribution in [0.25, 0.3) is 0 Å². The molecule has 112 valence electrons. The van der Waals surface area contributed by atoms with Crippen LogP contribution in [0.1, 0.15) is 54.4 Å². The quantitative estimate of drug-likeness (QED) is 0.768. The van der Waals surface area contributed by atoms with Gasteiger partial charge in [0.05, 0.1) is 6.20 Å². The number of ether oxygens (including phenoxy) is 1. The van der Waals surface area contributed by atoms with E-state index in [2.05, 4.69) is 10.3 Å². The average Bonchev–Trinajstić information content (AvgIpc) is 2.88. The number of hydrogen-bond donors (Lipinski definition) is 2. The summed E-state index contributed by atoms with van der Waals surface area (Å²) < 4.78 is 5.40. The maximum Gasteiger partial charge on any atom is 0.326 e. The van der Waals surface area contributed by atoms with Crippen molar-refractivity contribution in [1.82, 2.24) is 10.3 Å². The van der Waals surface area contributed by atoms with E-state index in [4.69, 9.17) is 9.84 Å². The van der Waals surface area contributed by atoms with E-state index < -0.39 is 17.9 Å². The first-order valence-corrected chi connectivity index (χ1v) is 7.42. The third-order valence-electron chi connectivity index (χ3n) is 2.69. The van der Waals surface area contributed by atoms with Gasteiger partial charge >= 0.3 is 5.97 Å². The molecule has 0 aromatic carbocycles. The molecule has 1 aromatic rings. The Hall–Kier alpha value is -1.47. The van der Waals surface area contributed by atoms with Crippen molar-refractivity contribution in [3.05, 3.63) is 16.1 Å². The van der Waals surface area contributed by atoms with Crippen molar-refractivity contribution in [2.24, 2.45) is 0 Å². The largest absolute Gasteiger partial charge is 0.480 e. The summed E-state index contributed by atoms with van der Waals surface area (Å²) in [5, 5.41) is 12.2. The van der Waals surface area contributed by atoms with E-state index in [-0.39, 0.29) is 6.10 Å². The fraction of sp³-hybridized carbons (Fsp3) is 0.615. The molecule has 1 heterocycles. The highest BCUT2D eigenvalue weighted by Crippen LogP contribution is 2.22. The summed E-state index contributed by atoms with van der Waals surface area (Å²) in [4.78, 5) is 27.5. The SMILES string of the molecule is CCCC(NC(=O)c1cnc(C(C)OCC)s1)C(=O)O. The standard InChI is InChI=1S/C13H20N2O4S/c1-4-6-9(13(17)18)15-11(16)10-7-14-12(20-10)8(3)19-5-2/h7-9H,4-6H2,1-3H3,(H,15,16)(H,17,18).